The Balaban J connectivity index is 2.50. The van der Waals surface area contributed by atoms with Gasteiger partial charge in [0, 0.05) is 12.2 Å². The molecule has 3 heteroatoms. The number of rotatable bonds is 5. The van der Waals surface area contributed by atoms with Crippen molar-refractivity contribution in [3.63, 3.8) is 0 Å². The molecular formula is C18H21NO2. The monoisotopic (exact) mass is 283 g/mol. The van der Waals surface area contributed by atoms with Crippen molar-refractivity contribution in [1.82, 2.24) is 0 Å². The summed E-state index contributed by atoms with van der Waals surface area (Å²) in [6.45, 7) is 6.58. The first kappa shape index (κ1) is 15.1. The number of carboxylic acid groups (broad SMARTS) is 1. The van der Waals surface area contributed by atoms with E-state index >= 15 is 0 Å². The van der Waals surface area contributed by atoms with E-state index in [1.54, 1.807) is 0 Å². The molecule has 1 unspecified atom stereocenters. The highest BCUT2D eigenvalue weighted by Crippen LogP contribution is 2.29. The van der Waals surface area contributed by atoms with E-state index in [0.717, 1.165) is 22.4 Å². The Labute approximate surface area is 125 Å². The van der Waals surface area contributed by atoms with Gasteiger partial charge in [-0.2, -0.15) is 0 Å². The summed E-state index contributed by atoms with van der Waals surface area (Å²) in [7, 11) is 0. The van der Waals surface area contributed by atoms with Crippen LogP contribution in [0.1, 0.15) is 29.7 Å². The number of hydrogen-bond acceptors (Lipinski definition) is 2. The molecular weight excluding hydrogens is 262 g/mol. The number of aliphatic carboxylic acids is 1. The second-order valence-electron chi connectivity index (χ2n) is 5.22. The van der Waals surface area contributed by atoms with Crippen LogP contribution in [0.5, 0.6) is 0 Å². The van der Waals surface area contributed by atoms with E-state index in [9.17, 15) is 9.90 Å². The fraction of sp³-hybridized carbons (Fsp3) is 0.278. The van der Waals surface area contributed by atoms with Crippen LogP contribution in [0.2, 0.25) is 0 Å². The molecule has 2 aromatic rings. The Hall–Kier alpha value is -2.29. The van der Waals surface area contributed by atoms with E-state index in [2.05, 4.69) is 0 Å². The largest absolute Gasteiger partial charge is 0.479 e. The standard InChI is InChI=1S/C18H21NO2/c1-4-19(15-10-7-8-13(2)12-15)17(18(20)21)16-11-6-5-9-14(16)3/h5-12,17H,4H2,1-3H3,(H,20,21). The predicted octanol–water partition coefficient (Wildman–Crippen LogP) is 3.96. The van der Waals surface area contributed by atoms with Crippen molar-refractivity contribution >= 4 is 11.7 Å². The third-order valence-electron chi connectivity index (χ3n) is 3.70. The van der Waals surface area contributed by atoms with Crippen LogP contribution in [0.25, 0.3) is 0 Å². The molecule has 2 rings (SSSR count). The molecule has 0 aliphatic carbocycles. The Kier molecular flexibility index (Phi) is 4.63. The molecule has 2 aromatic carbocycles. The maximum atomic E-state index is 11.9. The van der Waals surface area contributed by atoms with Gasteiger partial charge in [0.25, 0.3) is 0 Å². The Bertz CT molecular complexity index is 637. The maximum absolute atomic E-state index is 11.9. The number of aryl methyl sites for hydroxylation is 2. The molecule has 0 heterocycles. The third-order valence-corrected chi connectivity index (χ3v) is 3.70. The van der Waals surface area contributed by atoms with Crippen LogP contribution in [-0.2, 0) is 4.79 Å². The summed E-state index contributed by atoms with van der Waals surface area (Å²) in [4.78, 5) is 13.8. The number of benzene rings is 2. The zero-order chi connectivity index (χ0) is 15.4. The predicted molar refractivity (Wildman–Crippen MR) is 85.8 cm³/mol. The van der Waals surface area contributed by atoms with Crippen LogP contribution in [0.4, 0.5) is 5.69 Å². The molecule has 0 aliphatic rings. The average Bonchev–Trinajstić information content (AvgIpc) is 2.45. The summed E-state index contributed by atoms with van der Waals surface area (Å²) in [6, 6.07) is 15.0. The SMILES string of the molecule is CCN(c1cccc(C)c1)C(C(=O)O)c1ccccc1C. The van der Waals surface area contributed by atoms with Gasteiger partial charge in [-0.15, -0.1) is 0 Å². The highest BCUT2D eigenvalue weighted by molar-refractivity contribution is 5.80. The molecule has 0 saturated carbocycles. The van der Waals surface area contributed by atoms with Crippen molar-refractivity contribution in [2.75, 3.05) is 11.4 Å². The molecule has 0 saturated heterocycles. The summed E-state index contributed by atoms with van der Waals surface area (Å²) in [5.41, 5.74) is 3.90. The first-order valence-electron chi connectivity index (χ1n) is 7.16. The second-order valence-corrected chi connectivity index (χ2v) is 5.22. The highest BCUT2D eigenvalue weighted by Gasteiger charge is 2.27. The third kappa shape index (κ3) is 3.24. The molecule has 0 spiro atoms. The molecule has 21 heavy (non-hydrogen) atoms. The molecule has 0 aliphatic heterocycles. The van der Waals surface area contributed by atoms with Gasteiger partial charge in [-0.1, -0.05) is 36.4 Å². The molecule has 1 N–H and O–H groups in total. The van der Waals surface area contributed by atoms with Gasteiger partial charge in [0.05, 0.1) is 0 Å². The van der Waals surface area contributed by atoms with E-state index in [4.69, 9.17) is 0 Å². The van der Waals surface area contributed by atoms with Crippen molar-refractivity contribution in [2.24, 2.45) is 0 Å². The molecule has 0 aromatic heterocycles. The lowest BCUT2D eigenvalue weighted by Crippen LogP contribution is -2.34. The fourth-order valence-corrected chi connectivity index (χ4v) is 2.65. The van der Waals surface area contributed by atoms with E-state index < -0.39 is 12.0 Å². The van der Waals surface area contributed by atoms with Gasteiger partial charge < -0.3 is 10.0 Å². The zero-order valence-corrected chi connectivity index (χ0v) is 12.7. The summed E-state index contributed by atoms with van der Waals surface area (Å²) in [6.07, 6.45) is 0. The zero-order valence-electron chi connectivity index (χ0n) is 12.7. The fourth-order valence-electron chi connectivity index (χ4n) is 2.65. The molecule has 0 fully saturated rings. The van der Waals surface area contributed by atoms with Crippen LogP contribution >= 0.6 is 0 Å². The second kappa shape index (κ2) is 6.44. The van der Waals surface area contributed by atoms with Gasteiger partial charge in [0.15, 0.2) is 6.04 Å². The number of nitrogens with zero attached hydrogens (tertiary/aromatic N) is 1. The lowest BCUT2D eigenvalue weighted by atomic mass is 9.99. The molecule has 3 nitrogen and oxygen atoms in total. The van der Waals surface area contributed by atoms with Gasteiger partial charge in [0.1, 0.15) is 0 Å². The van der Waals surface area contributed by atoms with Crippen molar-refractivity contribution in [3.8, 4) is 0 Å². The summed E-state index contributed by atoms with van der Waals surface area (Å²) < 4.78 is 0. The number of likely N-dealkylation sites (N-methyl/N-ethyl adjacent to an activating group) is 1. The van der Waals surface area contributed by atoms with Gasteiger partial charge in [-0.05, 0) is 49.6 Å². The molecule has 0 amide bonds. The minimum Gasteiger partial charge on any atom is -0.479 e. The maximum Gasteiger partial charge on any atom is 0.331 e. The van der Waals surface area contributed by atoms with Crippen LogP contribution in [0.15, 0.2) is 48.5 Å². The quantitative estimate of drug-likeness (QED) is 0.903. The van der Waals surface area contributed by atoms with Crippen molar-refractivity contribution in [2.45, 2.75) is 26.8 Å². The summed E-state index contributed by atoms with van der Waals surface area (Å²) in [5.74, 6) is -0.826. The van der Waals surface area contributed by atoms with E-state index in [1.807, 2.05) is 74.2 Å². The lowest BCUT2D eigenvalue weighted by molar-refractivity contribution is -0.138. The van der Waals surface area contributed by atoms with Crippen molar-refractivity contribution in [1.29, 1.82) is 0 Å². The minimum atomic E-state index is -0.826. The first-order valence-corrected chi connectivity index (χ1v) is 7.16. The molecule has 0 bridgehead atoms. The summed E-state index contributed by atoms with van der Waals surface area (Å²) in [5, 5.41) is 9.74. The Morgan fingerprint density at radius 2 is 1.86 bits per heavy atom. The summed E-state index contributed by atoms with van der Waals surface area (Å²) >= 11 is 0. The molecule has 0 radical (unpaired) electrons. The van der Waals surface area contributed by atoms with E-state index in [1.165, 1.54) is 0 Å². The molecule has 110 valence electrons. The van der Waals surface area contributed by atoms with Gasteiger partial charge in [-0.25, -0.2) is 4.79 Å². The normalized spacial score (nSPS) is 12.0. The Morgan fingerprint density at radius 1 is 1.14 bits per heavy atom. The number of carbonyl (C=O) groups is 1. The first-order chi connectivity index (χ1) is 10.0. The number of hydrogen-bond donors (Lipinski definition) is 1. The van der Waals surface area contributed by atoms with Crippen LogP contribution in [-0.4, -0.2) is 17.6 Å². The highest BCUT2D eigenvalue weighted by atomic mass is 16.4. The van der Waals surface area contributed by atoms with E-state index in [0.29, 0.717) is 6.54 Å². The van der Waals surface area contributed by atoms with Gasteiger partial charge >= 0.3 is 5.97 Å². The van der Waals surface area contributed by atoms with Crippen molar-refractivity contribution < 1.29 is 9.90 Å². The number of anilines is 1. The minimum absolute atomic E-state index is 0.634. The lowest BCUT2D eigenvalue weighted by Gasteiger charge is -2.31. The van der Waals surface area contributed by atoms with Crippen molar-refractivity contribution in [3.05, 3.63) is 65.2 Å². The van der Waals surface area contributed by atoms with Gasteiger partial charge in [0.2, 0.25) is 0 Å². The number of carboxylic acids is 1. The average molecular weight is 283 g/mol. The molecule has 1 atom stereocenters. The Morgan fingerprint density at radius 3 is 2.43 bits per heavy atom. The van der Waals surface area contributed by atoms with E-state index in [-0.39, 0.29) is 0 Å². The van der Waals surface area contributed by atoms with Gasteiger partial charge in [-0.3, -0.25) is 0 Å². The smallest absolute Gasteiger partial charge is 0.331 e. The van der Waals surface area contributed by atoms with Crippen LogP contribution in [0.3, 0.4) is 0 Å². The topological polar surface area (TPSA) is 40.5 Å². The van der Waals surface area contributed by atoms with Crippen LogP contribution in [0, 0.1) is 13.8 Å². The van der Waals surface area contributed by atoms with Crippen LogP contribution < -0.4 is 4.90 Å².